The van der Waals surface area contributed by atoms with Gasteiger partial charge in [0.05, 0.1) is 10.9 Å². The average Bonchev–Trinajstić information content (AvgIpc) is 2.50. The summed E-state index contributed by atoms with van der Waals surface area (Å²) in [7, 11) is 0. The van der Waals surface area contributed by atoms with Crippen molar-refractivity contribution in [2.24, 2.45) is 5.73 Å². The van der Waals surface area contributed by atoms with Crippen LogP contribution in [0.25, 0.3) is 10.9 Å². The second kappa shape index (κ2) is 3.43. The molecule has 0 aliphatic heterocycles. The van der Waals surface area contributed by atoms with Gasteiger partial charge in [-0.25, -0.2) is 0 Å². The van der Waals surface area contributed by atoms with Gasteiger partial charge in [0.25, 0.3) is 0 Å². The molecule has 0 aliphatic rings. The summed E-state index contributed by atoms with van der Waals surface area (Å²) in [6.45, 7) is 0.616. The summed E-state index contributed by atoms with van der Waals surface area (Å²) in [4.78, 5) is 4.12. The number of halogens is 1. The number of nitrogens with two attached hydrogens (primary N) is 1. The van der Waals surface area contributed by atoms with Crippen molar-refractivity contribution in [3.8, 4) is 0 Å². The van der Waals surface area contributed by atoms with E-state index in [1.807, 2.05) is 6.20 Å². The largest absolute Gasteiger partial charge is 0.330 e. The minimum Gasteiger partial charge on any atom is -0.330 e. The monoisotopic (exact) mass is 240 g/mol. The van der Waals surface area contributed by atoms with Crippen LogP contribution in [0, 0.1) is 0 Å². The molecule has 2 rings (SSSR count). The van der Waals surface area contributed by atoms with Crippen LogP contribution in [0.15, 0.2) is 17.0 Å². The summed E-state index contributed by atoms with van der Waals surface area (Å²) in [5, 5.41) is 8.04. The van der Waals surface area contributed by atoms with Crippen molar-refractivity contribution in [1.29, 1.82) is 0 Å². The maximum absolute atomic E-state index is 5.48. The topological polar surface area (TPSA) is 67.6 Å². The molecule has 0 unspecified atom stereocenters. The molecule has 13 heavy (non-hydrogen) atoms. The van der Waals surface area contributed by atoms with Crippen molar-refractivity contribution in [3.63, 3.8) is 0 Å². The first kappa shape index (κ1) is 8.65. The van der Waals surface area contributed by atoms with Gasteiger partial charge in [-0.2, -0.15) is 5.10 Å². The first-order chi connectivity index (χ1) is 6.33. The fourth-order valence-electron chi connectivity index (χ4n) is 1.29. The molecule has 4 nitrogen and oxygen atoms in total. The van der Waals surface area contributed by atoms with Gasteiger partial charge in [0.15, 0.2) is 0 Å². The standard InChI is InChI=1S/C8H9BrN4/c9-8-6-4-11-3-5(1-2-10)7(6)12-13-8/h3-4H,1-2,10H2,(H,12,13). The van der Waals surface area contributed by atoms with E-state index in [9.17, 15) is 0 Å². The Morgan fingerprint density at radius 1 is 1.46 bits per heavy atom. The van der Waals surface area contributed by atoms with E-state index in [0.29, 0.717) is 6.54 Å². The molecular weight excluding hydrogens is 232 g/mol. The number of nitrogens with zero attached hydrogens (tertiary/aromatic N) is 2. The fourth-order valence-corrected chi connectivity index (χ4v) is 1.67. The van der Waals surface area contributed by atoms with Gasteiger partial charge in [-0.15, -0.1) is 0 Å². The van der Waals surface area contributed by atoms with Crippen LogP contribution in [0.3, 0.4) is 0 Å². The van der Waals surface area contributed by atoms with Crippen LogP contribution < -0.4 is 5.73 Å². The zero-order valence-corrected chi connectivity index (χ0v) is 8.50. The van der Waals surface area contributed by atoms with E-state index < -0.39 is 0 Å². The van der Waals surface area contributed by atoms with E-state index in [1.54, 1.807) is 6.20 Å². The zero-order chi connectivity index (χ0) is 9.26. The lowest BCUT2D eigenvalue weighted by Gasteiger charge is -1.97. The molecule has 0 aromatic carbocycles. The quantitative estimate of drug-likeness (QED) is 0.830. The number of hydrogen-bond acceptors (Lipinski definition) is 3. The average molecular weight is 241 g/mol. The van der Waals surface area contributed by atoms with E-state index in [1.165, 1.54) is 0 Å². The van der Waals surface area contributed by atoms with Crippen molar-refractivity contribution < 1.29 is 0 Å². The number of nitrogens with one attached hydrogen (secondary N) is 1. The SMILES string of the molecule is NCCc1cncc2c(Br)[nH]nc12. The maximum atomic E-state index is 5.48. The summed E-state index contributed by atoms with van der Waals surface area (Å²) in [5.74, 6) is 0. The summed E-state index contributed by atoms with van der Waals surface area (Å²) in [6, 6.07) is 0. The van der Waals surface area contributed by atoms with Crippen LogP contribution >= 0.6 is 15.9 Å². The Kier molecular flexibility index (Phi) is 2.28. The second-order valence-electron chi connectivity index (χ2n) is 2.77. The highest BCUT2D eigenvalue weighted by Crippen LogP contribution is 2.22. The Balaban J connectivity index is 2.63. The van der Waals surface area contributed by atoms with Crippen LogP contribution in [0.1, 0.15) is 5.56 Å². The molecule has 5 heteroatoms. The number of aromatic nitrogens is 3. The summed E-state index contributed by atoms with van der Waals surface area (Å²) in [5.41, 5.74) is 7.52. The minimum absolute atomic E-state index is 0.616. The van der Waals surface area contributed by atoms with Crippen LogP contribution in [0.5, 0.6) is 0 Å². The smallest absolute Gasteiger partial charge is 0.110 e. The van der Waals surface area contributed by atoms with E-state index in [-0.39, 0.29) is 0 Å². The van der Waals surface area contributed by atoms with Crippen molar-refractivity contribution >= 4 is 26.8 Å². The molecule has 3 N–H and O–H groups in total. The lowest BCUT2D eigenvalue weighted by molar-refractivity contribution is 0.961. The Bertz CT molecular complexity index is 423. The lowest BCUT2D eigenvalue weighted by Crippen LogP contribution is -2.03. The van der Waals surface area contributed by atoms with Gasteiger partial charge >= 0.3 is 0 Å². The molecule has 2 aromatic rings. The highest BCUT2D eigenvalue weighted by atomic mass is 79.9. The number of aromatic amines is 1. The first-order valence-electron chi connectivity index (χ1n) is 3.99. The minimum atomic E-state index is 0.616. The molecule has 2 aromatic heterocycles. The third kappa shape index (κ3) is 1.45. The normalized spacial score (nSPS) is 10.9. The van der Waals surface area contributed by atoms with Gasteiger partial charge in [0, 0.05) is 12.4 Å². The Hall–Kier alpha value is -0.940. The molecule has 0 spiro atoms. The van der Waals surface area contributed by atoms with Gasteiger partial charge < -0.3 is 5.73 Å². The summed E-state index contributed by atoms with van der Waals surface area (Å²) >= 11 is 3.36. The van der Waals surface area contributed by atoms with Crippen LogP contribution in [-0.4, -0.2) is 21.7 Å². The highest BCUT2D eigenvalue weighted by Gasteiger charge is 2.06. The van der Waals surface area contributed by atoms with E-state index in [2.05, 4.69) is 31.1 Å². The van der Waals surface area contributed by atoms with Crippen molar-refractivity contribution in [2.75, 3.05) is 6.54 Å². The molecule has 0 fully saturated rings. The second-order valence-corrected chi connectivity index (χ2v) is 3.56. The third-order valence-electron chi connectivity index (χ3n) is 1.91. The zero-order valence-electron chi connectivity index (χ0n) is 6.92. The van der Waals surface area contributed by atoms with E-state index >= 15 is 0 Å². The Labute approximate surface area is 83.7 Å². The molecule has 0 saturated carbocycles. The molecule has 0 amide bonds. The maximum Gasteiger partial charge on any atom is 0.110 e. The molecule has 2 heterocycles. The van der Waals surface area contributed by atoms with Crippen LogP contribution in [0.4, 0.5) is 0 Å². The van der Waals surface area contributed by atoms with Crippen molar-refractivity contribution in [2.45, 2.75) is 6.42 Å². The van der Waals surface area contributed by atoms with E-state index in [4.69, 9.17) is 5.73 Å². The molecule has 0 atom stereocenters. The fraction of sp³-hybridized carbons (Fsp3) is 0.250. The Morgan fingerprint density at radius 2 is 2.31 bits per heavy atom. The van der Waals surface area contributed by atoms with E-state index in [0.717, 1.165) is 27.5 Å². The highest BCUT2D eigenvalue weighted by molar-refractivity contribution is 9.10. The summed E-state index contributed by atoms with van der Waals surface area (Å²) < 4.78 is 0.869. The Morgan fingerprint density at radius 3 is 3.08 bits per heavy atom. The van der Waals surface area contributed by atoms with Gasteiger partial charge in [-0.3, -0.25) is 10.1 Å². The number of hydrogen-bond donors (Lipinski definition) is 2. The number of pyridine rings is 1. The molecule has 0 aliphatic carbocycles. The predicted molar refractivity (Wildman–Crippen MR) is 54.3 cm³/mol. The molecule has 0 saturated heterocycles. The van der Waals surface area contributed by atoms with Gasteiger partial charge in [0.2, 0.25) is 0 Å². The predicted octanol–water partition coefficient (Wildman–Crippen LogP) is 1.22. The van der Waals surface area contributed by atoms with Crippen molar-refractivity contribution in [1.82, 2.24) is 15.2 Å². The third-order valence-corrected chi connectivity index (χ3v) is 2.51. The number of H-pyrrole nitrogens is 1. The molecule has 0 radical (unpaired) electrons. The van der Waals surface area contributed by atoms with Gasteiger partial charge in [-0.05, 0) is 34.5 Å². The molecule has 68 valence electrons. The number of rotatable bonds is 2. The summed E-state index contributed by atoms with van der Waals surface area (Å²) in [6.07, 6.45) is 4.40. The number of fused-ring (bicyclic) bond motifs is 1. The molecule has 0 bridgehead atoms. The molecular formula is C8H9BrN4. The van der Waals surface area contributed by atoms with Crippen molar-refractivity contribution in [3.05, 3.63) is 22.6 Å². The van der Waals surface area contributed by atoms with Gasteiger partial charge in [0.1, 0.15) is 4.60 Å². The van der Waals surface area contributed by atoms with Crippen LogP contribution in [-0.2, 0) is 6.42 Å². The first-order valence-corrected chi connectivity index (χ1v) is 4.78. The van der Waals surface area contributed by atoms with Crippen LogP contribution in [0.2, 0.25) is 0 Å². The van der Waals surface area contributed by atoms with Gasteiger partial charge in [-0.1, -0.05) is 0 Å². The lowest BCUT2D eigenvalue weighted by atomic mass is 10.1.